The molecule has 20 heavy (non-hydrogen) atoms. The molecule has 1 aromatic carbocycles. The minimum absolute atomic E-state index is 0.112. The summed E-state index contributed by atoms with van der Waals surface area (Å²) in [6, 6.07) is 7.83. The predicted molar refractivity (Wildman–Crippen MR) is 81.8 cm³/mol. The number of nitrogens with one attached hydrogen (secondary N) is 1. The van der Waals surface area contributed by atoms with E-state index in [0.29, 0.717) is 18.9 Å². The summed E-state index contributed by atoms with van der Waals surface area (Å²) in [7, 11) is 1.65. The summed E-state index contributed by atoms with van der Waals surface area (Å²) in [4.78, 5) is 11.7. The summed E-state index contributed by atoms with van der Waals surface area (Å²) in [5.74, 6) is 1.49. The zero-order valence-corrected chi connectivity index (χ0v) is 12.5. The molecule has 4 nitrogen and oxygen atoms in total. The quantitative estimate of drug-likeness (QED) is 0.680. The van der Waals surface area contributed by atoms with Crippen LogP contribution in [0.4, 0.5) is 0 Å². The highest BCUT2D eigenvalue weighted by Gasteiger charge is 2.03. The first-order valence-corrected chi connectivity index (χ1v) is 7.25. The Morgan fingerprint density at radius 3 is 2.65 bits per heavy atom. The number of benzene rings is 1. The van der Waals surface area contributed by atoms with Crippen LogP contribution in [-0.4, -0.2) is 26.1 Å². The van der Waals surface area contributed by atoms with Crippen LogP contribution in [0.5, 0.6) is 5.75 Å². The molecule has 0 aliphatic heterocycles. The molecule has 3 N–H and O–H groups in total. The number of nitrogens with two attached hydrogens (primary N) is 1. The van der Waals surface area contributed by atoms with Crippen LogP contribution in [0.25, 0.3) is 0 Å². The first-order chi connectivity index (χ1) is 9.65. The lowest BCUT2D eigenvalue weighted by molar-refractivity contribution is -0.121. The molecular formula is C16H26N2O2. The molecule has 1 unspecified atom stereocenters. The molecule has 112 valence electrons. The molecule has 4 heteroatoms. The van der Waals surface area contributed by atoms with Crippen molar-refractivity contribution in [1.82, 2.24) is 5.32 Å². The molecule has 0 bridgehead atoms. The smallest absolute Gasteiger partial charge is 0.220 e. The number of carbonyl (C=O) groups excluding carboxylic acids is 1. The highest BCUT2D eigenvalue weighted by atomic mass is 16.5. The lowest BCUT2D eigenvalue weighted by Crippen LogP contribution is -2.25. The van der Waals surface area contributed by atoms with E-state index in [2.05, 4.69) is 12.2 Å². The van der Waals surface area contributed by atoms with E-state index in [-0.39, 0.29) is 5.91 Å². The van der Waals surface area contributed by atoms with E-state index in [0.717, 1.165) is 37.1 Å². The van der Waals surface area contributed by atoms with E-state index in [1.807, 2.05) is 24.3 Å². The number of ether oxygens (including phenoxy) is 1. The first kappa shape index (κ1) is 16.5. The fraction of sp³-hybridized carbons (Fsp3) is 0.562. The molecule has 0 saturated heterocycles. The maximum Gasteiger partial charge on any atom is 0.220 e. The molecule has 1 aromatic rings. The van der Waals surface area contributed by atoms with Crippen molar-refractivity contribution >= 4 is 5.91 Å². The topological polar surface area (TPSA) is 64.3 Å². The molecular weight excluding hydrogens is 252 g/mol. The largest absolute Gasteiger partial charge is 0.497 e. The van der Waals surface area contributed by atoms with Crippen LogP contribution < -0.4 is 15.8 Å². The Labute approximate surface area is 121 Å². The van der Waals surface area contributed by atoms with Gasteiger partial charge in [0.1, 0.15) is 5.75 Å². The zero-order valence-electron chi connectivity index (χ0n) is 12.5. The number of amides is 1. The summed E-state index contributed by atoms with van der Waals surface area (Å²) in [5.41, 5.74) is 6.70. The Hall–Kier alpha value is -1.55. The average Bonchev–Trinajstić information content (AvgIpc) is 2.49. The number of methoxy groups -OCH3 is 1. The van der Waals surface area contributed by atoms with E-state index in [1.165, 1.54) is 0 Å². The second-order valence-electron chi connectivity index (χ2n) is 5.18. The van der Waals surface area contributed by atoms with Gasteiger partial charge in [-0.15, -0.1) is 0 Å². The molecule has 0 fully saturated rings. The summed E-state index contributed by atoms with van der Waals surface area (Å²) in [5, 5.41) is 2.95. The van der Waals surface area contributed by atoms with E-state index >= 15 is 0 Å². The Kier molecular flexibility index (Phi) is 7.73. The van der Waals surface area contributed by atoms with E-state index in [1.54, 1.807) is 7.11 Å². The van der Waals surface area contributed by atoms with Gasteiger partial charge in [0.25, 0.3) is 0 Å². The van der Waals surface area contributed by atoms with Crippen molar-refractivity contribution in [2.45, 2.75) is 32.6 Å². The van der Waals surface area contributed by atoms with Crippen molar-refractivity contribution in [3.8, 4) is 5.75 Å². The molecule has 0 aliphatic rings. The zero-order chi connectivity index (χ0) is 14.8. The predicted octanol–water partition coefficient (Wildman–Crippen LogP) is 2.12. The third kappa shape index (κ3) is 6.57. The molecule has 0 aliphatic carbocycles. The Morgan fingerprint density at radius 1 is 1.35 bits per heavy atom. The number of aryl methyl sites for hydroxylation is 1. The van der Waals surface area contributed by atoms with Crippen molar-refractivity contribution in [1.29, 1.82) is 0 Å². The van der Waals surface area contributed by atoms with Gasteiger partial charge in [0, 0.05) is 13.0 Å². The fourth-order valence-electron chi connectivity index (χ4n) is 1.93. The van der Waals surface area contributed by atoms with Crippen molar-refractivity contribution in [2.75, 3.05) is 20.2 Å². The monoisotopic (exact) mass is 278 g/mol. The summed E-state index contributed by atoms with van der Waals surface area (Å²) in [6.07, 6.45) is 3.34. The molecule has 1 rings (SSSR count). The summed E-state index contributed by atoms with van der Waals surface area (Å²) < 4.78 is 5.10. The van der Waals surface area contributed by atoms with E-state index in [9.17, 15) is 4.79 Å². The Morgan fingerprint density at radius 2 is 2.05 bits per heavy atom. The van der Waals surface area contributed by atoms with Gasteiger partial charge in [-0.1, -0.05) is 19.1 Å². The van der Waals surface area contributed by atoms with Gasteiger partial charge in [-0.25, -0.2) is 0 Å². The summed E-state index contributed by atoms with van der Waals surface area (Å²) >= 11 is 0. The molecule has 0 heterocycles. The standard InChI is InChI=1S/C16H26N2O2/c1-13(12-17)4-3-11-18-16(19)10-7-14-5-8-15(20-2)9-6-14/h5-6,8-9,13H,3-4,7,10-12,17H2,1-2H3,(H,18,19). The molecule has 0 spiro atoms. The van der Waals surface area contributed by atoms with Gasteiger partial charge in [0.15, 0.2) is 0 Å². The van der Waals surface area contributed by atoms with Crippen molar-refractivity contribution < 1.29 is 9.53 Å². The second kappa shape index (κ2) is 9.37. The average molecular weight is 278 g/mol. The number of hydrogen-bond donors (Lipinski definition) is 2. The van der Waals surface area contributed by atoms with Crippen LogP contribution in [0.3, 0.4) is 0 Å². The number of rotatable bonds is 9. The van der Waals surface area contributed by atoms with Crippen LogP contribution in [0, 0.1) is 5.92 Å². The van der Waals surface area contributed by atoms with Crippen molar-refractivity contribution in [3.05, 3.63) is 29.8 Å². The van der Waals surface area contributed by atoms with Gasteiger partial charge < -0.3 is 15.8 Å². The minimum Gasteiger partial charge on any atom is -0.497 e. The third-order valence-corrected chi connectivity index (χ3v) is 3.40. The van der Waals surface area contributed by atoms with Crippen LogP contribution in [0.15, 0.2) is 24.3 Å². The van der Waals surface area contributed by atoms with Crippen molar-refractivity contribution in [3.63, 3.8) is 0 Å². The normalized spacial score (nSPS) is 11.9. The molecule has 1 amide bonds. The van der Waals surface area contributed by atoms with E-state index in [4.69, 9.17) is 10.5 Å². The van der Waals surface area contributed by atoms with Gasteiger partial charge in [-0.2, -0.15) is 0 Å². The number of carbonyl (C=O) groups is 1. The first-order valence-electron chi connectivity index (χ1n) is 7.25. The van der Waals surface area contributed by atoms with Gasteiger partial charge in [0.05, 0.1) is 7.11 Å². The van der Waals surface area contributed by atoms with Gasteiger partial charge >= 0.3 is 0 Å². The third-order valence-electron chi connectivity index (χ3n) is 3.40. The van der Waals surface area contributed by atoms with Crippen LogP contribution in [0.1, 0.15) is 31.7 Å². The maximum atomic E-state index is 11.7. The van der Waals surface area contributed by atoms with Crippen LogP contribution in [-0.2, 0) is 11.2 Å². The van der Waals surface area contributed by atoms with Crippen LogP contribution in [0.2, 0.25) is 0 Å². The molecule has 0 radical (unpaired) electrons. The van der Waals surface area contributed by atoms with Crippen molar-refractivity contribution in [2.24, 2.45) is 11.7 Å². The second-order valence-corrected chi connectivity index (χ2v) is 5.18. The SMILES string of the molecule is COc1ccc(CCC(=O)NCCCC(C)CN)cc1. The summed E-state index contributed by atoms with van der Waals surface area (Å²) in [6.45, 7) is 3.59. The lowest BCUT2D eigenvalue weighted by Gasteiger charge is -2.09. The Balaban J connectivity index is 2.16. The molecule has 1 atom stereocenters. The molecule has 0 saturated carbocycles. The fourth-order valence-corrected chi connectivity index (χ4v) is 1.93. The van der Waals surface area contributed by atoms with Gasteiger partial charge in [0.2, 0.25) is 5.91 Å². The van der Waals surface area contributed by atoms with Gasteiger partial charge in [-0.05, 0) is 49.4 Å². The lowest BCUT2D eigenvalue weighted by atomic mass is 10.1. The number of hydrogen-bond acceptors (Lipinski definition) is 3. The highest BCUT2D eigenvalue weighted by Crippen LogP contribution is 2.12. The maximum absolute atomic E-state index is 11.7. The highest BCUT2D eigenvalue weighted by molar-refractivity contribution is 5.76. The van der Waals surface area contributed by atoms with Crippen LogP contribution >= 0.6 is 0 Å². The van der Waals surface area contributed by atoms with E-state index < -0.39 is 0 Å². The molecule has 0 aromatic heterocycles. The minimum atomic E-state index is 0.112. The Bertz CT molecular complexity index is 390. The van der Waals surface area contributed by atoms with Gasteiger partial charge in [-0.3, -0.25) is 4.79 Å².